The van der Waals surface area contributed by atoms with E-state index in [-0.39, 0.29) is 29.9 Å². The molecule has 0 aromatic heterocycles. The summed E-state index contributed by atoms with van der Waals surface area (Å²) in [7, 11) is 3.22. The number of amides is 1. The number of nitrogens with one attached hydrogen (secondary N) is 1. The summed E-state index contributed by atoms with van der Waals surface area (Å²) >= 11 is 0. The van der Waals surface area contributed by atoms with Crippen molar-refractivity contribution in [3.63, 3.8) is 0 Å². The lowest BCUT2D eigenvalue weighted by atomic mass is 10.0. The molecule has 1 aliphatic rings. The highest BCUT2D eigenvalue weighted by atomic mass is 16.6. The van der Waals surface area contributed by atoms with Crippen molar-refractivity contribution in [1.82, 2.24) is 4.90 Å². The molecule has 0 aliphatic carbocycles. The van der Waals surface area contributed by atoms with Gasteiger partial charge in [-0.3, -0.25) is 19.8 Å². The van der Waals surface area contributed by atoms with Crippen molar-refractivity contribution >= 4 is 17.3 Å². The molecule has 0 bridgehead atoms. The van der Waals surface area contributed by atoms with Crippen molar-refractivity contribution in [2.45, 2.75) is 32.7 Å². The molecule has 1 aliphatic heterocycles. The van der Waals surface area contributed by atoms with Crippen molar-refractivity contribution in [3.8, 4) is 11.5 Å². The fourth-order valence-electron chi connectivity index (χ4n) is 3.89. The van der Waals surface area contributed by atoms with Gasteiger partial charge in [-0.2, -0.15) is 0 Å². The number of carbonyl (C=O) groups is 1. The van der Waals surface area contributed by atoms with Gasteiger partial charge < -0.3 is 14.8 Å². The van der Waals surface area contributed by atoms with E-state index in [0.717, 1.165) is 41.8 Å². The molecule has 0 saturated carbocycles. The molecule has 1 heterocycles. The van der Waals surface area contributed by atoms with E-state index in [2.05, 4.69) is 10.2 Å². The van der Waals surface area contributed by atoms with Crippen LogP contribution in [0.15, 0.2) is 30.3 Å². The Labute approximate surface area is 175 Å². The van der Waals surface area contributed by atoms with Crippen molar-refractivity contribution in [2.24, 2.45) is 0 Å². The quantitative estimate of drug-likeness (QED) is 0.545. The number of nitro benzene ring substituents is 1. The zero-order valence-corrected chi connectivity index (χ0v) is 17.7. The summed E-state index contributed by atoms with van der Waals surface area (Å²) in [4.78, 5) is 25.7. The maximum atomic E-state index is 12.7. The zero-order valence-electron chi connectivity index (χ0n) is 17.7. The minimum absolute atomic E-state index is 0.0337. The smallest absolute Gasteiger partial charge is 0.293 e. The topological polar surface area (TPSA) is 93.9 Å². The second-order valence-corrected chi connectivity index (χ2v) is 7.50. The lowest BCUT2D eigenvalue weighted by Gasteiger charge is -2.26. The van der Waals surface area contributed by atoms with Crippen LogP contribution >= 0.6 is 0 Å². The van der Waals surface area contributed by atoms with Crippen LogP contribution < -0.4 is 14.8 Å². The molecule has 30 heavy (non-hydrogen) atoms. The number of likely N-dealkylation sites (tertiary alicyclic amines) is 1. The Bertz CT molecular complexity index is 960. The second kappa shape index (κ2) is 9.13. The average molecular weight is 413 g/mol. The van der Waals surface area contributed by atoms with Gasteiger partial charge in [0.2, 0.25) is 5.91 Å². The summed E-state index contributed by atoms with van der Waals surface area (Å²) in [5, 5.41) is 14.1. The van der Waals surface area contributed by atoms with Crippen LogP contribution in [0.3, 0.4) is 0 Å². The third kappa shape index (κ3) is 4.54. The number of ether oxygens (including phenoxy) is 2. The SMILES string of the molecule is COc1ccc([C@@H]2CCCN2CC(=O)Nc2cc(C)c(C)cc2[N+](=O)[O-])c(OC)c1. The van der Waals surface area contributed by atoms with Crippen LogP contribution in [0.5, 0.6) is 11.5 Å². The van der Waals surface area contributed by atoms with Crippen molar-refractivity contribution in [3.05, 3.63) is 57.1 Å². The van der Waals surface area contributed by atoms with Crippen LogP contribution in [-0.2, 0) is 4.79 Å². The molecule has 1 fully saturated rings. The third-order valence-electron chi connectivity index (χ3n) is 5.59. The molecule has 160 valence electrons. The number of hydrogen-bond donors (Lipinski definition) is 1. The molecule has 1 saturated heterocycles. The number of rotatable bonds is 7. The van der Waals surface area contributed by atoms with Crippen LogP contribution in [0.1, 0.15) is 35.6 Å². The van der Waals surface area contributed by atoms with Crippen LogP contribution in [-0.4, -0.2) is 43.0 Å². The van der Waals surface area contributed by atoms with Gasteiger partial charge in [0.15, 0.2) is 0 Å². The first-order valence-electron chi connectivity index (χ1n) is 9.85. The van der Waals surface area contributed by atoms with E-state index in [0.29, 0.717) is 5.75 Å². The number of nitro groups is 1. The molecule has 8 heteroatoms. The highest BCUT2D eigenvalue weighted by molar-refractivity contribution is 5.94. The molecular weight excluding hydrogens is 386 g/mol. The van der Waals surface area contributed by atoms with E-state index < -0.39 is 4.92 Å². The fourth-order valence-corrected chi connectivity index (χ4v) is 3.89. The Morgan fingerprint density at radius 3 is 2.60 bits per heavy atom. The number of benzene rings is 2. The van der Waals surface area contributed by atoms with E-state index in [1.54, 1.807) is 20.3 Å². The molecule has 3 rings (SSSR count). The summed E-state index contributed by atoms with van der Waals surface area (Å²) in [5.41, 5.74) is 2.83. The fraction of sp³-hybridized carbons (Fsp3) is 0.409. The summed E-state index contributed by atoms with van der Waals surface area (Å²) in [6, 6.07) is 8.86. The Kier molecular flexibility index (Phi) is 6.56. The van der Waals surface area contributed by atoms with Gasteiger partial charge in [0.1, 0.15) is 17.2 Å². The number of aryl methyl sites for hydroxylation is 2. The normalized spacial score (nSPS) is 16.3. The number of nitrogens with zero attached hydrogens (tertiary/aromatic N) is 2. The van der Waals surface area contributed by atoms with Crippen molar-refractivity contribution in [1.29, 1.82) is 0 Å². The average Bonchev–Trinajstić information content (AvgIpc) is 3.17. The Hall–Kier alpha value is -3.13. The predicted molar refractivity (Wildman–Crippen MR) is 114 cm³/mol. The maximum absolute atomic E-state index is 12.7. The minimum Gasteiger partial charge on any atom is -0.497 e. The maximum Gasteiger partial charge on any atom is 0.293 e. The van der Waals surface area contributed by atoms with Gasteiger partial charge >= 0.3 is 0 Å². The van der Waals surface area contributed by atoms with Gasteiger partial charge in [0.25, 0.3) is 5.69 Å². The predicted octanol–water partition coefficient (Wildman–Crippen LogP) is 4.00. The van der Waals surface area contributed by atoms with Crippen molar-refractivity contribution < 1.29 is 19.2 Å². The lowest BCUT2D eigenvalue weighted by molar-refractivity contribution is -0.384. The first kappa shape index (κ1) is 21.6. The molecule has 2 aromatic carbocycles. The summed E-state index contributed by atoms with van der Waals surface area (Å²) in [6.07, 6.45) is 1.86. The van der Waals surface area contributed by atoms with Gasteiger partial charge in [-0.1, -0.05) is 6.07 Å². The first-order chi connectivity index (χ1) is 14.3. The second-order valence-electron chi connectivity index (χ2n) is 7.50. The van der Waals surface area contributed by atoms with E-state index in [9.17, 15) is 14.9 Å². The molecule has 0 radical (unpaired) electrons. The lowest BCUT2D eigenvalue weighted by Crippen LogP contribution is -2.33. The Balaban J connectivity index is 1.77. The van der Waals surface area contributed by atoms with Crippen LogP contribution in [0.4, 0.5) is 11.4 Å². The molecule has 1 atom stereocenters. The first-order valence-corrected chi connectivity index (χ1v) is 9.85. The van der Waals surface area contributed by atoms with Crippen LogP contribution in [0, 0.1) is 24.0 Å². The molecule has 0 spiro atoms. The molecule has 1 N–H and O–H groups in total. The minimum atomic E-state index is -0.469. The number of carbonyl (C=O) groups excluding carboxylic acids is 1. The molecular formula is C22H27N3O5. The van der Waals surface area contributed by atoms with E-state index >= 15 is 0 Å². The summed E-state index contributed by atoms with van der Waals surface area (Å²) < 4.78 is 10.8. The van der Waals surface area contributed by atoms with E-state index in [1.165, 1.54) is 6.07 Å². The number of anilines is 1. The van der Waals surface area contributed by atoms with Gasteiger partial charge in [0.05, 0.1) is 25.7 Å². The number of hydrogen-bond acceptors (Lipinski definition) is 6. The monoisotopic (exact) mass is 413 g/mol. The highest BCUT2D eigenvalue weighted by Crippen LogP contribution is 2.38. The molecule has 0 unspecified atom stereocenters. The van der Waals surface area contributed by atoms with Crippen LogP contribution in [0.25, 0.3) is 0 Å². The van der Waals surface area contributed by atoms with Gasteiger partial charge in [-0.05, 0) is 56.5 Å². The van der Waals surface area contributed by atoms with Crippen molar-refractivity contribution in [2.75, 3.05) is 32.6 Å². The number of methoxy groups -OCH3 is 2. The Morgan fingerprint density at radius 2 is 1.93 bits per heavy atom. The summed E-state index contributed by atoms with van der Waals surface area (Å²) in [5.74, 6) is 1.15. The van der Waals surface area contributed by atoms with E-state index in [1.807, 2.05) is 32.0 Å². The van der Waals surface area contributed by atoms with Gasteiger partial charge in [-0.25, -0.2) is 0 Å². The van der Waals surface area contributed by atoms with Gasteiger partial charge in [0, 0.05) is 23.7 Å². The molecule has 2 aromatic rings. The van der Waals surface area contributed by atoms with E-state index in [4.69, 9.17) is 9.47 Å². The molecule has 1 amide bonds. The van der Waals surface area contributed by atoms with Gasteiger partial charge in [-0.15, -0.1) is 0 Å². The summed E-state index contributed by atoms with van der Waals surface area (Å²) in [6.45, 7) is 4.58. The Morgan fingerprint density at radius 1 is 1.20 bits per heavy atom. The highest BCUT2D eigenvalue weighted by Gasteiger charge is 2.30. The largest absolute Gasteiger partial charge is 0.497 e. The third-order valence-corrected chi connectivity index (χ3v) is 5.59. The zero-order chi connectivity index (χ0) is 21.8. The van der Waals surface area contributed by atoms with Crippen LogP contribution in [0.2, 0.25) is 0 Å². The molecule has 8 nitrogen and oxygen atoms in total. The standard InChI is InChI=1S/C22H27N3O5/c1-14-10-18(20(25(27)28)11-15(14)2)23-22(26)13-24-9-5-6-19(24)17-8-7-16(29-3)12-21(17)30-4/h7-8,10-12,19H,5-6,9,13H2,1-4H3,(H,23,26)/t19-/m0/s1.